The molecule has 1 N–H and O–H groups in total. The Kier molecular flexibility index (Phi) is 6.22. The van der Waals surface area contributed by atoms with Crippen LogP contribution in [0, 0.1) is 0 Å². The SMILES string of the molecule is CC(Nc1c(-c2ccc(N(C)C)cc2)nc2cnccn12)C(=O)N1CCN(c2ccncc2)CC1. The number of carbonyl (C=O) groups excluding carboxylic acids is 1. The first-order valence-corrected chi connectivity index (χ1v) is 11.8. The van der Waals surface area contributed by atoms with Gasteiger partial charge in [-0.05, 0) is 31.2 Å². The number of nitrogens with one attached hydrogen (secondary N) is 1. The first-order chi connectivity index (χ1) is 17.0. The predicted octanol–water partition coefficient (Wildman–Crippen LogP) is 3.01. The molecule has 0 saturated carbocycles. The fourth-order valence-corrected chi connectivity index (χ4v) is 4.44. The molecule has 1 atom stereocenters. The number of benzene rings is 1. The Labute approximate surface area is 205 Å². The van der Waals surface area contributed by atoms with Gasteiger partial charge in [-0.25, -0.2) is 4.98 Å². The molecule has 5 rings (SSSR count). The number of amides is 1. The molecular weight excluding hydrogens is 440 g/mol. The lowest BCUT2D eigenvalue weighted by Gasteiger charge is -2.37. The Bertz CT molecular complexity index is 1290. The van der Waals surface area contributed by atoms with E-state index in [0.29, 0.717) is 13.1 Å². The number of anilines is 3. The number of hydrogen-bond donors (Lipinski definition) is 1. The first-order valence-electron chi connectivity index (χ1n) is 11.8. The Hall–Kier alpha value is -4.14. The summed E-state index contributed by atoms with van der Waals surface area (Å²) in [7, 11) is 4.03. The van der Waals surface area contributed by atoms with Crippen LogP contribution in [0.5, 0.6) is 0 Å². The van der Waals surface area contributed by atoms with Gasteiger partial charge >= 0.3 is 0 Å². The van der Waals surface area contributed by atoms with Crippen molar-refractivity contribution in [3.8, 4) is 11.3 Å². The maximum Gasteiger partial charge on any atom is 0.244 e. The molecule has 1 aliphatic rings. The van der Waals surface area contributed by atoms with Crippen molar-refractivity contribution in [3.05, 3.63) is 67.4 Å². The highest BCUT2D eigenvalue weighted by Crippen LogP contribution is 2.30. The van der Waals surface area contributed by atoms with Gasteiger partial charge in [0, 0.05) is 82.0 Å². The number of imidazole rings is 1. The summed E-state index contributed by atoms with van der Waals surface area (Å²) in [5.74, 6) is 0.869. The summed E-state index contributed by atoms with van der Waals surface area (Å²) < 4.78 is 1.95. The van der Waals surface area contributed by atoms with Gasteiger partial charge in [0.25, 0.3) is 0 Å². The summed E-state index contributed by atoms with van der Waals surface area (Å²) in [5, 5.41) is 3.46. The van der Waals surface area contributed by atoms with Crippen molar-refractivity contribution in [1.82, 2.24) is 24.3 Å². The van der Waals surface area contributed by atoms with Gasteiger partial charge in [-0.3, -0.25) is 19.2 Å². The van der Waals surface area contributed by atoms with Crippen molar-refractivity contribution < 1.29 is 4.79 Å². The zero-order valence-electron chi connectivity index (χ0n) is 20.3. The van der Waals surface area contributed by atoms with E-state index in [2.05, 4.69) is 49.4 Å². The first kappa shape index (κ1) is 22.6. The second-order valence-electron chi connectivity index (χ2n) is 8.94. The number of piperazine rings is 1. The highest BCUT2D eigenvalue weighted by molar-refractivity contribution is 5.87. The fourth-order valence-electron chi connectivity index (χ4n) is 4.44. The summed E-state index contributed by atoms with van der Waals surface area (Å²) in [5.41, 5.74) is 4.76. The minimum Gasteiger partial charge on any atom is -0.378 e. The molecule has 1 amide bonds. The largest absolute Gasteiger partial charge is 0.378 e. The topological polar surface area (TPSA) is 81.9 Å². The predicted molar refractivity (Wildman–Crippen MR) is 139 cm³/mol. The fraction of sp³-hybridized carbons (Fsp3) is 0.308. The maximum atomic E-state index is 13.4. The van der Waals surface area contributed by atoms with E-state index in [-0.39, 0.29) is 5.91 Å². The molecule has 0 spiro atoms. The van der Waals surface area contributed by atoms with Gasteiger partial charge in [-0.2, -0.15) is 0 Å². The van der Waals surface area contributed by atoms with Gasteiger partial charge in [-0.15, -0.1) is 0 Å². The molecule has 1 aliphatic heterocycles. The van der Waals surface area contributed by atoms with Gasteiger partial charge in [-0.1, -0.05) is 12.1 Å². The molecule has 9 nitrogen and oxygen atoms in total. The molecule has 180 valence electrons. The molecule has 0 radical (unpaired) electrons. The summed E-state index contributed by atoms with van der Waals surface area (Å²) in [6.07, 6.45) is 8.93. The second-order valence-corrected chi connectivity index (χ2v) is 8.94. The highest BCUT2D eigenvalue weighted by atomic mass is 16.2. The minimum atomic E-state index is -0.407. The molecule has 9 heteroatoms. The number of hydrogen-bond acceptors (Lipinski definition) is 7. The molecule has 4 heterocycles. The van der Waals surface area contributed by atoms with Crippen LogP contribution >= 0.6 is 0 Å². The Balaban J connectivity index is 1.34. The quantitative estimate of drug-likeness (QED) is 0.464. The van der Waals surface area contributed by atoms with Crippen LogP contribution < -0.4 is 15.1 Å². The van der Waals surface area contributed by atoms with Crippen LogP contribution in [0.4, 0.5) is 17.2 Å². The van der Waals surface area contributed by atoms with Gasteiger partial charge in [0.05, 0.1) is 6.20 Å². The average Bonchev–Trinajstić information content (AvgIpc) is 3.27. The molecule has 35 heavy (non-hydrogen) atoms. The number of aromatic nitrogens is 4. The lowest BCUT2D eigenvalue weighted by molar-refractivity contribution is -0.131. The van der Waals surface area contributed by atoms with E-state index in [4.69, 9.17) is 4.98 Å². The van der Waals surface area contributed by atoms with Crippen molar-refractivity contribution in [1.29, 1.82) is 0 Å². The van der Waals surface area contributed by atoms with Crippen LogP contribution in [-0.2, 0) is 4.79 Å². The number of rotatable bonds is 6. The third-order valence-corrected chi connectivity index (χ3v) is 6.43. The zero-order valence-corrected chi connectivity index (χ0v) is 20.3. The third-order valence-electron chi connectivity index (χ3n) is 6.43. The van der Waals surface area contributed by atoms with Crippen molar-refractivity contribution in [2.45, 2.75) is 13.0 Å². The normalized spacial score (nSPS) is 14.7. The molecule has 1 saturated heterocycles. The second kappa shape index (κ2) is 9.61. The van der Waals surface area contributed by atoms with Gasteiger partial charge in [0.1, 0.15) is 17.6 Å². The van der Waals surface area contributed by atoms with Crippen molar-refractivity contribution in [2.75, 3.05) is 55.4 Å². The molecule has 1 fully saturated rings. The number of pyridine rings is 1. The molecule has 0 aliphatic carbocycles. The van der Waals surface area contributed by atoms with Crippen molar-refractivity contribution in [2.24, 2.45) is 0 Å². The van der Waals surface area contributed by atoms with Crippen molar-refractivity contribution >= 4 is 28.7 Å². The highest BCUT2D eigenvalue weighted by Gasteiger charge is 2.27. The monoisotopic (exact) mass is 470 g/mol. The Morgan fingerprint density at radius 2 is 1.69 bits per heavy atom. The summed E-state index contributed by atoms with van der Waals surface area (Å²) in [6.45, 7) is 4.88. The lowest BCUT2D eigenvalue weighted by Crippen LogP contribution is -2.52. The van der Waals surface area contributed by atoms with Crippen LogP contribution in [0.15, 0.2) is 67.4 Å². The molecule has 0 bridgehead atoms. The van der Waals surface area contributed by atoms with E-state index in [1.807, 2.05) is 48.6 Å². The molecule has 3 aromatic heterocycles. The molecule has 1 unspecified atom stereocenters. The molecular formula is C26H30N8O. The number of carbonyl (C=O) groups is 1. The van der Waals surface area contributed by atoms with Crippen LogP contribution in [0.25, 0.3) is 16.9 Å². The summed E-state index contributed by atoms with van der Waals surface area (Å²) in [6, 6.07) is 11.9. The van der Waals surface area contributed by atoms with Gasteiger partial charge in [0.15, 0.2) is 5.65 Å². The molecule has 1 aromatic carbocycles. The minimum absolute atomic E-state index is 0.0808. The van der Waals surface area contributed by atoms with Crippen LogP contribution in [0.2, 0.25) is 0 Å². The van der Waals surface area contributed by atoms with Gasteiger partial charge in [0.2, 0.25) is 5.91 Å². The standard InChI is InChI=1S/C26H30N8O/c1-19(26(35)33-16-14-32(15-17-33)22-8-10-27-11-9-22)29-25-24(30-23-18-28-12-13-34(23)25)20-4-6-21(7-5-20)31(2)3/h4-13,18-19,29H,14-17H2,1-3H3. The smallest absolute Gasteiger partial charge is 0.244 e. The lowest BCUT2D eigenvalue weighted by atomic mass is 10.1. The maximum absolute atomic E-state index is 13.4. The summed E-state index contributed by atoms with van der Waals surface area (Å²) >= 11 is 0. The van der Waals surface area contributed by atoms with E-state index in [0.717, 1.165) is 47.2 Å². The van der Waals surface area contributed by atoms with E-state index >= 15 is 0 Å². The van der Waals surface area contributed by atoms with Crippen LogP contribution in [0.3, 0.4) is 0 Å². The number of nitrogens with zero attached hydrogens (tertiary/aromatic N) is 7. The summed E-state index contributed by atoms with van der Waals surface area (Å²) in [4.78, 5) is 32.8. The Morgan fingerprint density at radius 3 is 2.37 bits per heavy atom. The third kappa shape index (κ3) is 4.62. The van der Waals surface area contributed by atoms with Gasteiger partial charge < -0.3 is 20.0 Å². The Morgan fingerprint density at radius 1 is 0.971 bits per heavy atom. The van der Waals surface area contributed by atoms with E-state index in [1.165, 1.54) is 0 Å². The number of fused-ring (bicyclic) bond motifs is 1. The zero-order chi connectivity index (χ0) is 24.4. The van der Waals surface area contributed by atoms with E-state index < -0.39 is 6.04 Å². The van der Waals surface area contributed by atoms with Crippen LogP contribution in [-0.4, -0.2) is 76.5 Å². The van der Waals surface area contributed by atoms with Crippen LogP contribution in [0.1, 0.15) is 6.92 Å². The average molecular weight is 471 g/mol. The van der Waals surface area contributed by atoms with Crippen molar-refractivity contribution in [3.63, 3.8) is 0 Å². The van der Waals surface area contributed by atoms with E-state index in [9.17, 15) is 4.79 Å². The molecule has 4 aromatic rings. The van der Waals surface area contributed by atoms with E-state index in [1.54, 1.807) is 24.8 Å².